The molecular formula is C14H16O4. The highest BCUT2D eigenvalue weighted by atomic mass is 16.4. The molecule has 1 aromatic rings. The maximum Gasteiger partial charge on any atom is 0.336 e. The first-order chi connectivity index (χ1) is 8.61. The minimum atomic E-state index is -1.04. The van der Waals surface area contributed by atoms with Crippen molar-refractivity contribution in [3.63, 3.8) is 0 Å². The van der Waals surface area contributed by atoms with Crippen LogP contribution < -0.4 is 0 Å². The van der Waals surface area contributed by atoms with Gasteiger partial charge in [-0.05, 0) is 42.9 Å². The Labute approximate surface area is 105 Å². The van der Waals surface area contributed by atoms with Crippen molar-refractivity contribution < 1.29 is 19.8 Å². The first-order valence-electron chi connectivity index (χ1n) is 6.22. The Hall–Kier alpha value is -1.84. The van der Waals surface area contributed by atoms with E-state index < -0.39 is 11.9 Å². The average Bonchev–Trinajstić information content (AvgIpc) is 2.37. The lowest BCUT2D eigenvalue weighted by molar-refractivity contribution is 0.0694. The number of fused-ring (bicyclic) bond motifs is 2. The average molecular weight is 248 g/mol. The summed E-state index contributed by atoms with van der Waals surface area (Å²) in [6, 6.07) is 3.20. The fourth-order valence-electron chi connectivity index (χ4n) is 2.60. The number of benzene rings is 1. The van der Waals surface area contributed by atoms with Crippen LogP contribution in [0.3, 0.4) is 0 Å². The molecule has 0 unspecified atom stereocenters. The van der Waals surface area contributed by atoms with Crippen molar-refractivity contribution in [2.45, 2.75) is 38.5 Å². The molecule has 1 aliphatic rings. The predicted molar refractivity (Wildman–Crippen MR) is 66.2 cm³/mol. The van der Waals surface area contributed by atoms with Crippen LogP contribution in [0, 0.1) is 0 Å². The molecular weight excluding hydrogens is 232 g/mol. The summed E-state index contributed by atoms with van der Waals surface area (Å²) in [6.07, 6.45) is 5.16. The van der Waals surface area contributed by atoms with Gasteiger partial charge in [0, 0.05) is 0 Å². The molecule has 0 aromatic heterocycles. The van der Waals surface area contributed by atoms with Crippen molar-refractivity contribution in [2.24, 2.45) is 0 Å². The number of rotatable bonds is 2. The lowest BCUT2D eigenvalue weighted by Gasteiger charge is -2.12. The third-order valence-electron chi connectivity index (χ3n) is 3.47. The Morgan fingerprint density at radius 1 is 0.889 bits per heavy atom. The van der Waals surface area contributed by atoms with Crippen molar-refractivity contribution in [2.75, 3.05) is 0 Å². The number of aromatic carboxylic acids is 2. The van der Waals surface area contributed by atoms with E-state index in [4.69, 9.17) is 5.11 Å². The monoisotopic (exact) mass is 248 g/mol. The van der Waals surface area contributed by atoms with Gasteiger partial charge in [0.25, 0.3) is 0 Å². The zero-order valence-electron chi connectivity index (χ0n) is 10.1. The SMILES string of the molecule is O=C(O)c1ccc2c(C(=O)O)c1CCCCCC2. The summed E-state index contributed by atoms with van der Waals surface area (Å²) in [7, 11) is 0. The molecule has 4 nitrogen and oxygen atoms in total. The standard InChI is InChI=1S/C14H16O4/c15-13(16)11-8-7-9-5-3-1-2-4-6-10(11)12(9)14(17)18/h7-8H,1-6H2,(H,15,16)(H,17,18). The molecule has 1 aliphatic carbocycles. The Balaban J connectivity index is 2.62. The summed E-state index contributed by atoms with van der Waals surface area (Å²) in [5, 5.41) is 18.5. The summed E-state index contributed by atoms with van der Waals surface area (Å²) < 4.78 is 0. The van der Waals surface area contributed by atoms with E-state index in [1.807, 2.05) is 0 Å². The van der Waals surface area contributed by atoms with Crippen LogP contribution in [0.25, 0.3) is 0 Å². The second-order valence-corrected chi connectivity index (χ2v) is 4.65. The second-order valence-electron chi connectivity index (χ2n) is 4.65. The van der Waals surface area contributed by atoms with Gasteiger partial charge in [-0.25, -0.2) is 9.59 Å². The van der Waals surface area contributed by atoms with E-state index in [2.05, 4.69) is 0 Å². The van der Waals surface area contributed by atoms with Gasteiger partial charge in [-0.2, -0.15) is 0 Å². The third kappa shape index (κ3) is 2.37. The van der Waals surface area contributed by atoms with E-state index >= 15 is 0 Å². The summed E-state index contributed by atoms with van der Waals surface area (Å²) >= 11 is 0. The lowest BCUT2D eigenvalue weighted by Crippen LogP contribution is -2.12. The number of hydrogen-bond acceptors (Lipinski definition) is 2. The molecule has 1 aromatic carbocycles. The molecule has 0 spiro atoms. The molecule has 0 heterocycles. The smallest absolute Gasteiger partial charge is 0.336 e. The fourth-order valence-corrected chi connectivity index (χ4v) is 2.60. The molecule has 2 rings (SSSR count). The van der Waals surface area contributed by atoms with E-state index in [0.717, 1.165) is 31.2 Å². The number of carboxylic acid groups (broad SMARTS) is 2. The minimum absolute atomic E-state index is 0.137. The molecule has 0 atom stereocenters. The van der Waals surface area contributed by atoms with Crippen LogP contribution in [0.2, 0.25) is 0 Å². The van der Waals surface area contributed by atoms with Gasteiger partial charge in [0.1, 0.15) is 0 Å². The Morgan fingerprint density at radius 2 is 1.56 bits per heavy atom. The van der Waals surface area contributed by atoms with Crippen LogP contribution in [0.5, 0.6) is 0 Å². The lowest BCUT2D eigenvalue weighted by atomic mass is 9.92. The topological polar surface area (TPSA) is 74.6 Å². The molecule has 18 heavy (non-hydrogen) atoms. The normalized spacial score (nSPS) is 15.3. The second kappa shape index (κ2) is 5.21. The number of carbonyl (C=O) groups is 2. The molecule has 2 bridgehead atoms. The van der Waals surface area contributed by atoms with Gasteiger partial charge in [-0.15, -0.1) is 0 Å². The van der Waals surface area contributed by atoms with Crippen molar-refractivity contribution >= 4 is 11.9 Å². The van der Waals surface area contributed by atoms with Gasteiger partial charge >= 0.3 is 11.9 Å². The van der Waals surface area contributed by atoms with E-state index in [1.54, 1.807) is 12.1 Å². The van der Waals surface area contributed by atoms with Crippen LogP contribution >= 0.6 is 0 Å². The molecule has 0 aliphatic heterocycles. The quantitative estimate of drug-likeness (QED) is 0.843. The largest absolute Gasteiger partial charge is 0.478 e. The number of hydrogen-bond donors (Lipinski definition) is 2. The highest BCUT2D eigenvalue weighted by molar-refractivity contribution is 5.97. The zero-order valence-corrected chi connectivity index (χ0v) is 10.1. The van der Waals surface area contributed by atoms with Crippen molar-refractivity contribution in [3.05, 3.63) is 34.4 Å². The first-order valence-corrected chi connectivity index (χ1v) is 6.22. The highest BCUT2D eigenvalue weighted by Gasteiger charge is 2.22. The van der Waals surface area contributed by atoms with E-state index in [1.165, 1.54) is 0 Å². The summed E-state index contributed by atoms with van der Waals surface area (Å²) in [4.78, 5) is 22.6. The summed E-state index contributed by atoms with van der Waals surface area (Å²) in [6.45, 7) is 0. The van der Waals surface area contributed by atoms with Gasteiger partial charge in [-0.3, -0.25) is 0 Å². The first kappa shape index (κ1) is 12.6. The fraction of sp³-hybridized carbons (Fsp3) is 0.429. The Bertz CT molecular complexity index is 491. The van der Waals surface area contributed by atoms with Crippen molar-refractivity contribution in [3.8, 4) is 0 Å². The van der Waals surface area contributed by atoms with Gasteiger partial charge in [0.15, 0.2) is 0 Å². The molecule has 0 amide bonds. The predicted octanol–water partition coefficient (Wildman–Crippen LogP) is 2.74. The van der Waals surface area contributed by atoms with Crippen LogP contribution in [0.4, 0.5) is 0 Å². The van der Waals surface area contributed by atoms with Crippen molar-refractivity contribution in [1.82, 2.24) is 0 Å². The van der Waals surface area contributed by atoms with E-state index in [-0.39, 0.29) is 11.1 Å². The Kier molecular flexibility index (Phi) is 3.65. The van der Waals surface area contributed by atoms with E-state index in [9.17, 15) is 14.7 Å². The zero-order chi connectivity index (χ0) is 13.1. The molecule has 0 radical (unpaired) electrons. The molecule has 2 N–H and O–H groups in total. The minimum Gasteiger partial charge on any atom is -0.478 e. The Morgan fingerprint density at radius 3 is 2.17 bits per heavy atom. The molecule has 4 heteroatoms. The molecule has 0 saturated carbocycles. The molecule has 96 valence electrons. The van der Waals surface area contributed by atoms with Gasteiger partial charge in [-0.1, -0.05) is 18.9 Å². The van der Waals surface area contributed by atoms with Crippen LogP contribution in [-0.2, 0) is 12.8 Å². The van der Waals surface area contributed by atoms with Crippen LogP contribution in [0.15, 0.2) is 12.1 Å². The number of carboxylic acids is 2. The van der Waals surface area contributed by atoms with Crippen LogP contribution in [0.1, 0.15) is 57.5 Å². The highest BCUT2D eigenvalue weighted by Crippen LogP contribution is 2.26. The maximum absolute atomic E-state index is 11.4. The number of aryl methyl sites for hydroxylation is 1. The van der Waals surface area contributed by atoms with Gasteiger partial charge < -0.3 is 10.2 Å². The molecule has 0 saturated heterocycles. The van der Waals surface area contributed by atoms with Gasteiger partial charge in [0.2, 0.25) is 0 Å². The molecule has 0 fully saturated rings. The maximum atomic E-state index is 11.4. The summed E-state index contributed by atoms with van der Waals surface area (Å²) in [5.41, 5.74) is 1.62. The van der Waals surface area contributed by atoms with Crippen molar-refractivity contribution in [1.29, 1.82) is 0 Å². The van der Waals surface area contributed by atoms with Gasteiger partial charge in [0.05, 0.1) is 11.1 Å². The van der Waals surface area contributed by atoms with Crippen LogP contribution in [-0.4, -0.2) is 22.2 Å². The van der Waals surface area contributed by atoms with E-state index in [0.29, 0.717) is 18.4 Å². The third-order valence-corrected chi connectivity index (χ3v) is 3.47. The summed E-state index contributed by atoms with van der Waals surface area (Å²) in [5.74, 6) is -2.05.